The topological polar surface area (TPSA) is 79.4 Å². The molecule has 60 valence electrons. The van der Waals surface area contributed by atoms with Gasteiger partial charge in [-0.15, -0.1) is 0 Å². The van der Waals surface area contributed by atoms with Gasteiger partial charge >= 0.3 is 7.12 Å². The molecule has 0 amide bonds. The zero-order valence-electron chi connectivity index (χ0n) is 6.01. The number of hydrogen-bond donors (Lipinski definition) is 2. The molecule has 0 radical (unpaired) electrons. The van der Waals surface area contributed by atoms with Gasteiger partial charge in [0.1, 0.15) is 11.0 Å². The van der Waals surface area contributed by atoms with Gasteiger partial charge in [-0.25, -0.2) is 4.63 Å². The van der Waals surface area contributed by atoms with Gasteiger partial charge in [0.15, 0.2) is 0 Å². The summed E-state index contributed by atoms with van der Waals surface area (Å²) in [5, 5.41) is 24.9. The first-order chi connectivity index (χ1) is 5.79. The smallest absolute Gasteiger partial charge is 0.423 e. The van der Waals surface area contributed by atoms with Crippen molar-refractivity contribution in [1.82, 2.24) is 10.3 Å². The summed E-state index contributed by atoms with van der Waals surface area (Å²) in [6, 6.07) is 4.89. The Morgan fingerprint density at radius 1 is 1.25 bits per heavy atom. The molecule has 2 rings (SSSR count). The Kier molecular flexibility index (Phi) is 1.56. The molecule has 0 aliphatic rings. The third kappa shape index (κ3) is 0.974. The Balaban J connectivity index is 2.73. The van der Waals surface area contributed by atoms with E-state index in [9.17, 15) is 0 Å². The molecule has 0 bridgehead atoms. The maximum Gasteiger partial charge on any atom is 0.490 e. The first kappa shape index (κ1) is 7.26. The molecule has 12 heavy (non-hydrogen) atoms. The normalized spacial score (nSPS) is 10.5. The Hall–Kier alpha value is -1.40. The molecule has 2 aromatic rings. The molecule has 0 saturated carbocycles. The highest BCUT2D eigenvalue weighted by Gasteiger charge is 2.16. The molecule has 1 aromatic heterocycles. The molecule has 0 aliphatic heterocycles. The van der Waals surface area contributed by atoms with Gasteiger partial charge in [0.2, 0.25) is 0 Å². The van der Waals surface area contributed by atoms with E-state index in [1.807, 2.05) is 0 Å². The molecular formula is C6H5BN2O3. The largest absolute Gasteiger partial charge is 0.490 e. The van der Waals surface area contributed by atoms with Crippen molar-refractivity contribution in [3.63, 3.8) is 0 Å². The third-order valence-electron chi connectivity index (χ3n) is 1.60. The van der Waals surface area contributed by atoms with E-state index in [0.717, 1.165) is 0 Å². The lowest BCUT2D eigenvalue weighted by molar-refractivity contribution is 0.315. The standard InChI is InChI=1S/C6H5BN2O3/c10-7(11)4-2-1-3-5-6(4)9-12-8-5/h1-3,10-11H. The molecule has 0 spiro atoms. The summed E-state index contributed by atoms with van der Waals surface area (Å²) < 4.78 is 4.43. The second kappa shape index (κ2) is 2.58. The molecule has 1 heterocycles. The molecule has 0 fully saturated rings. The van der Waals surface area contributed by atoms with Crippen LogP contribution in [0.25, 0.3) is 11.0 Å². The van der Waals surface area contributed by atoms with Crippen LogP contribution < -0.4 is 5.46 Å². The van der Waals surface area contributed by atoms with E-state index in [0.29, 0.717) is 16.5 Å². The van der Waals surface area contributed by atoms with Crippen LogP contribution in [0.3, 0.4) is 0 Å². The van der Waals surface area contributed by atoms with Crippen LogP contribution in [0.5, 0.6) is 0 Å². The van der Waals surface area contributed by atoms with E-state index in [1.54, 1.807) is 18.2 Å². The summed E-state index contributed by atoms with van der Waals surface area (Å²) in [5.74, 6) is 0. The molecular weight excluding hydrogens is 159 g/mol. The number of aromatic nitrogens is 2. The van der Waals surface area contributed by atoms with Gasteiger partial charge in [0, 0.05) is 5.46 Å². The molecule has 0 unspecified atom stereocenters. The van der Waals surface area contributed by atoms with Crippen molar-refractivity contribution in [3.8, 4) is 0 Å². The monoisotopic (exact) mass is 164 g/mol. The Labute approximate surface area is 67.7 Å². The fourth-order valence-corrected chi connectivity index (χ4v) is 1.04. The maximum absolute atomic E-state index is 8.89. The maximum atomic E-state index is 8.89. The van der Waals surface area contributed by atoms with Gasteiger partial charge in [0.25, 0.3) is 0 Å². The predicted molar refractivity (Wildman–Crippen MR) is 41.6 cm³/mol. The van der Waals surface area contributed by atoms with Crippen LogP contribution in [0.4, 0.5) is 0 Å². The first-order valence-electron chi connectivity index (χ1n) is 3.36. The molecule has 0 atom stereocenters. The van der Waals surface area contributed by atoms with Crippen LogP contribution in [0, 0.1) is 0 Å². The van der Waals surface area contributed by atoms with Crippen molar-refractivity contribution in [1.29, 1.82) is 0 Å². The van der Waals surface area contributed by atoms with Crippen LogP contribution in [0.15, 0.2) is 22.8 Å². The minimum atomic E-state index is -1.54. The molecule has 1 aromatic carbocycles. The lowest BCUT2D eigenvalue weighted by atomic mass is 9.79. The van der Waals surface area contributed by atoms with Gasteiger partial charge in [0.05, 0.1) is 0 Å². The van der Waals surface area contributed by atoms with Crippen molar-refractivity contribution in [2.75, 3.05) is 0 Å². The molecule has 0 aliphatic carbocycles. The van der Waals surface area contributed by atoms with Crippen molar-refractivity contribution in [3.05, 3.63) is 18.2 Å². The Morgan fingerprint density at radius 2 is 2.08 bits per heavy atom. The number of nitrogens with zero attached hydrogens (tertiary/aromatic N) is 2. The van der Waals surface area contributed by atoms with E-state index >= 15 is 0 Å². The first-order valence-corrected chi connectivity index (χ1v) is 3.36. The van der Waals surface area contributed by atoms with Crippen LogP contribution >= 0.6 is 0 Å². The average molecular weight is 164 g/mol. The van der Waals surface area contributed by atoms with Gasteiger partial charge in [-0.3, -0.25) is 0 Å². The van der Waals surface area contributed by atoms with E-state index in [2.05, 4.69) is 14.9 Å². The quantitative estimate of drug-likeness (QED) is 0.523. The molecule has 6 heteroatoms. The highest BCUT2D eigenvalue weighted by atomic mass is 16.6. The van der Waals surface area contributed by atoms with Gasteiger partial charge in [-0.05, 0) is 11.2 Å². The van der Waals surface area contributed by atoms with Gasteiger partial charge in [-0.2, -0.15) is 0 Å². The van der Waals surface area contributed by atoms with Crippen LogP contribution in [-0.4, -0.2) is 27.5 Å². The second-order valence-electron chi connectivity index (χ2n) is 2.35. The molecule has 0 saturated heterocycles. The summed E-state index contributed by atoms with van der Waals surface area (Å²) in [7, 11) is -1.54. The second-order valence-corrected chi connectivity index (χ2v) is 2.35. The SMILES string of the molecule is OB(O)c1cccc2nonc12. The third-order valence-corrected chi connectivity index (χ3v) is 1.60. The summed E-state index contributed by atoms with van der Waals surface area (Å²) in [6.07, 6.45) is 0. The van der Waals surface area contributed by atoms with Gasteiger partial charge < -0.3 is 10.0 Å². The van der Waals surface area contributed by atoms with E-state index in [-0.39, 0.29) is 0 Å². The van der Waals surface area contributed by atoms with Crippen molar-refractivity contribution < 1.29 is 14.7 Å². The van der Waals surface area contributed by atoms with Crippen molar-refractivity contribution in [2.45, 2.75) is 0 Å². The van der Waals surface area contributed by atoms with Crippen LogP contribution in [0.2, 0.25) is 0 Å². The Bertz CT molecular complexity index is 400. The zero-order valence-corrected chi connectivity index (χ0v) is 6.01. The number of fused-ring (bicyclic) bond motifs is 1. The number of hydrogen-bond acceptors (Lipinski definition) is 5. The van der Waals surface area contributed by atoms with E-state index in [1.165, 1.54) is 0 Å². The number of benzene rings is 1. The predicted octanol–water partition coefficient (Wildman–Crippen LogP) is -1.10. The molecule has 2 N–H and O–H groups in total. The lowest BCUT2D eigenvalue weighted by Gasteiger charge is -1.96. The minimum absolute atomic E-state index is 0.300. The summed E-state index contributed by atoms with van der Waals surface area (Å²) in [5.41, 5.74) is 1.20. The van der Waals surface area contributed by atoms with Crippen LogP contribution in [0.1, 0.15) is 0 Å². The van der Waals surface area contributed by atoms with Crippen molar-refractivity contribution in [2.24, 2.45) is 0 Å². The van der Waals surface area contributed by atoms with Crippen molar-refractivity contribution >= 4 is 23.6 Å². The Morgan fingerprint density at radius 3 is 2.83 bits per heavy atom. The summed E-state index contributed by atoms with van der Waals surface area (Å²) >= 11 is 0. The minimum Gasteiger partial charge on any atom is -0.423 e. The fourth-order valence-electron chi connectivity index (χ4n) is 1.04. The highest BCUT2D eigenvalue weighted by Crippen LogP contribution is 2.04. The number of rotatable bonds is 1. The van der Waals surface area contributed by atoms with E-state index < -0.39 is 7.12 Å². The zero-order chi connectivity index (χ0) is 8.55. The van der Waals surface area contributed by atoms with Crippen LogP contribution in [-0.2, 0) is 0 Å². The average Bonchev–Trinajstić information content (AvgIpc) is 2.49. The summed E-state index contributed by atoms with van der Waals surface area (Å²) in [4.78, 5) is 0. The summed E-state index contributed by atoms with van der Waals surface area (Å²) in [6.45, 7) is 0. The highest BCUT2D eigenvalue weighted by molar-refractivity contribution is 6.61. The van der Waals surface area contributed by atoms with E-state index in [4.69, 9.17) is 10.0 Å². The van der Waals surface area contributed by atoms with Gasteiger partial charge in [-0.1, -0.05) is 17.3 Å². The fraction of sp³-hybridized carbons (Fsp3) is 0. The lowest BCUT2D eigenvalue weighted by Crippen LogP contribution is -2.30. The molecule has 5 nitrogen and oxygen atoms in total.